The Morgan fingerprint density at radius 2 is 2.10 bits per heavy atom. The van der Waals surface area contributed by atoms with Gasteiger partial charge in [0.05, 0.1) is 13.2 Å². The Morgan fingerprint density at radius 1 is 1.25 bits per heavy atom. The molecule has 0 spiro atoms. The van der Waals surface area contributed by atoms with Crippen LogP contribution in [0.25, 0.3) is 0 Å². The van der Waals surface area contributed by atoms with Gasteiger partial charge in [-0.2, -0.15) is 0 Å². The number of carbonyl (C=O) groups excluding carboxylic acids is 1. The van der Waals surface area contributed by atoms with Gasteiger partial charge in [-0.15, -0.1) is 0 Å². The lowest BCUT2D eigenvalue weighted by Gasteiger charge is -2.12. The van der Waals surface area contributed by atoms with Crippen LogP contribution in [0.2, 0.25) is 0 Å². The van der Waals surface area contributed by atoms with Gasteiger partial charge < -0.3 is 14.8 Å². The van der Waals surface area contributed by atoms with Gasteiger partial charge in [-0.1, -0.05) is 24.3 Å². The molecule has 0 radical (unpaired) electrons. The van der Waals surface area contributed by atoms with Crippen molar-refractivity contribution in [3.63, 3.8) is 0 Å². The Kier molecular flexibility index (Phi) is 3.29. The van der Waals surface area contributed by atoms with E-state index in [0.29, 0.717) is 17.9 Å². The maximum absolute atomic E-state index is 12.3. The molecule has 0 aliphatic carbocycles. The van der Waals surface area contributed by atoms with Crippen LogP contribution < -0.4 is 14.8 Å². The summed E-state index contributed by atoms with van der Waals surface area (Å²) in [5.41, 5.74) is 1.59. The Balaban J connectivity index is 1.77. The number of hydrogen-bond acceptors (Lipinski definition) is 3. The Bertz CT molecular complexity index is 639. The van der Waals surface area contributed by atoms with Crippen molar-refractivity contribution in [1.82, 2.24) is 5.32 Å². The summed E-state index contributed by atoms with van der Waals surface area (Å²) < 4.78 is 10.7. The molecule has 1 aliphatic heterocycles. The van der Waals surface area contributed by atoms with Gasteiger partial charge in [-0.3, -0.25) is 4.79 Å². The molecule has 1 heterocycles. The van der Waals surface area contributed by atoms with Crippen LogP contribution >= 0.6 is 0 Å². The molecule has 1 amide bonds. The highest BCUT2D eigenvalue weighted by Crippen LogP contribution is 2.31. The number of para-hydroxylation sites is 1. The van der Waals surface area contributed by atoms with Gasteiger partial charge >= 0.3 is 0 Å². The van der Waals surface area contributed by atoms with Gasteiger partial charge in [0.15, 0.2) is 0 Å². The number of fused-ring (bicyclic) bond motifs is 1. The number of hydrogen-bond donors (Lipinski definition) is 1. The summed E-state index contributed by atoms with van der Waals surface area (Å²) in [6.07, 6.45) is 0. The first kappa shape index (κ1) is 12.5. The van der Waals surface area contributed by atoms with Gasteiger partial charge in [0, 0.05) is 11.1 Å². The number of amides is 1. The zero-order chi connectivity index (χ0) is 13.9. The second-order valence-electron chi connectivity index (χ2n) is 4.61. The molecule has 0 saturated carbocycles. The lowest BCUT2D eigenvalue weighted by atomic mass is 10.1. The van der Waals surface area contributed by atoms with Crippen molar-refractivity contribution in [2.24, 2.45) is 0 Å². The Morgan fingerprint density at radius 3 is 2.95 bits per heavy atom. The highest BCUT2D eigenvalue weighted by Gasteiger charge is 2.25. The average Bonchev–Trinajstić information content (AvgIpc) is 2.90. The van der Waals surface area contributed by atoms with E-state index in [2.05, 4.69) is 5.32 Å². The fourth-order valence-corrected chi connectivity index (χ4v) is 2.29. The normalized spacial score (nSPS) is 16.1. The third-order valence-corrected chi connectivity index (χ3v) is 3.34. The van der Waals surface area contributed by atoms with Crippen LogP contribution in [0.3, 0.4) is 0 Å². The number of nitrogens with one attached hydrogen (secondary N) is 1. The lowest BCUT2D eigenvalue weighted by Crippen LogP contribution is -2.29. The maximum atomic E-state index is 12.3. The van der Waals surface area contributed by atoms with Crippen LogP contribution in [0.4, 0.5) is 0 Å². The third kappa shape index (κ3) is 2.32. The Hall–Kier alpha value is -2.49. The molecule has 20 heavy (non-hydrogen) atoms. The quantitative estimate of drug-likeness (QED) is 0.931. The summed E-state index contributed by atoms with van der Waals surface area (Å²) in [5, 5.41) is 2.98. The molecule has 1 N–H and O–H groups in total. The number of rotatable bonds is 3. The summed E-state index contributed by atoms with van der Waals surface area (Å²) in [6.45, 7) is 0.467. The largest absolute Gasteiger partial charge is 0.497 e. The molecule has 1 atom stereocenters. The van der Waals surface area contributed by atoms with Crippen LogP contribution in [0.15, 0.2) is 48.5 Å². The van der Waals surface area contributed by atoms with Gasteiger partial charge in [-0.05, 0) is 24.3 Å². The predicted octanol–water partition coefficient (Wildman–Crippen LogP) is 2.56. The molecule has 0 fully saturated rings. The van der Waals surface area contributed by atoms with Crippen LogP contribution in [-0.4, -0.2) is 19.6 Å². The van der Waals surface area contributed by atoms with Crippen LogP contribution in [0, 0.1) is 0 Å². The summed E-state index contributed by atoms with van der Waals surface area (Å²) in [4.78, 5) is 12.3. The fraction of sp³-hybridized carbons (Fsp3) is 0.188. The molecular weight excluding hydrogens is 254 g/mol. The third-order valence-electron chi connectivity index (χ3n) is 3.34. The van der Waals surface area contributed by atoms with Crippen molar-refractivity contribution in [3.05, 3.63) is 59.7 Å². The zero-order valence-electron chi connectivity index (χ0n) is 11.1. The van der Waals surface area contributed by atoms with Gasteiger partial charge in [-0.25, -0.2) is 0 Å². The Labute approximate surface area is 117 Å². The summed E-state index contributed by atoms with van der Waals surface area (Å²) in [5.74, 6) is 1.37. The summed E-state index contributed by atoms with van der Waals surface area (Å²) in [6, 6.07) is 14.7. The smallest absolute Gasteiger partial charge is 0.252 e. The number of carbonyl (C=O) groups is 1. The first-order valence-corrected chi connectivity index (χ1v) is 6.44. The highest BCUT2D eigenvalue weighted by atomic mass is 16.5. The fourth-order valence-electron chi connectivity index (χ4n) is 2.29. The molecular formula is C16H15NO3. The van der Waals surface area contributed by atoms with E-state index in [1.165, 1.54) is 0 Å². The molecule has 3 rings (SSSR count). The van der Waals surface area contributed by atoms with E-state index in [4.69, 9.17) is 9.47 Å². The van der Waals surface area contributed by atoms with Crippen molar-refractivity contribution < 1.29 is 14.3 Å². The predicted molar refractivity (Wildman–Crippen MR) is 75.1 cm³/mol. The molecule has 2 aromatic carbocycles. The highest BCUT2D eigenvalue weighted by molar-refractivity contribution is 5.94. The maximum Gasteiger partial charge on any atom is 0.252 e. The first-order chi connectivity index (χ1) is 9.78. The molecule has 0 aromatic heterocycles. The molecule has 1 aliphatic rings. The SMILES string of the molecule is COc1cccc(C(=O)NC2COc3ccccc32)c1. The minimum Gasteiger partial charge on any atom is -0.497 e. The van der Waals surface area contributed by atoms with E-state index in [-0.39, 0.29) is 11.9 Å². The zero-order valence-corrected chi connectivity index (χ0v) is 11.1. The number of methoxy groups -OCH3 is 1. The van der Waals surface area contributed by atoms with Crippen LogP contribution in [0.1, 0.15) is 22.0 Å². The van der Waals surface area contributed by atoms with E-state index in [1.807, 2.05) is 30.3 Å². The van der Waals surface area contributed by atoms with Crippen molar-refractivity contribution in [2.45, 2.75) is 6.04 Å². The molecule has 102 valence electrons. The minimum atomic E-state index is -0.130. The topological polar surface area (TPSA) is 47.6 Å². The average molecular weight is 269 g/mol. The van der Waals surface area contributed by atoms with E-state index < -0.39 is 0 Å². The van der Waals surface area contributed by atoms with E-state index in [1.54, 1.807) is 25.3 Å². The molecule has 4 nitrogen and oxygen atoms in total. The standard InChI is InChI=1S/C16H15NO3/c1-19-12-6-4-5-11(9-12)16(18)17-14-10-20-15-8-3-2-7-13(14)15/h2-9,14H,10H2,1H3,(H,17,18). The van der Waals surface area contributed by atoms with E-state index >= 15 is 0 Å². The molecule has 4 heteroatoms. The molecule has 2 aromatic rings. The van der Waals surface area contributed by atoms with Crippen LogP contribution in [0.5, 0.6) is 11.5 Å². The van der Waals surface area contributed by atoms with E-state index in [0.717, 1.165) is 11.3 Å². The van der Waals surface area contributed by atoms with Crippen molar-refractivity contribution in [3.8, 4) is 11.5 Å². The van der Waals surface area contributed by atoms with E-state index in [9.17, 15) is 4.79 Å². The second-order valence-corrected chi connectivity index (χ2v) is 4.61. The van der Waals surface area contributed by atoms with Crippen LogP contribution in [-0.2, 0) is 0 Å². The van der Waals surface area contributed by atoms with Gasteiger partial charge in [0.2, 0.25) is 0 Å². The number of ether oxygens (including phenoxy) is 2. The van der Waals surface area contributed by atoms with Crippen molar-refractivity contribution >= 4 is 5.91 Å². The minimum absolute atomic E-state index is 0.107. The van der Waals surface area contributed by atoms with Gasteiger partial charge in [0.25, 0.3) is 5.91 Å². The molecule has 0 bridgehead atoms. The second kappa shape index (κ2) is 5.25. The monoisotopic (exact) mass is 269 g/mol. The first-order valence-electron chi connectivity index (χ1n) is 6.44. The lowest BCUT2D eigenvalue weighted by molar-refractivity contribution is 0.0930. The van der Waals surface area contributed by atoms with Crippen molar-refractivity contribution in [2.75, 3.05) is 13.7 Å². The summed E-state index contributed by atoms with van der Waals surface area (Å²) in [7, 11) is 1.58. The number of benzene rings is 2. The molecule has 1 unspecified atom stereocenters. The van der Waals surface area contributed by atoms with Crippen molar-refractivity contribution in [1.29, 1.82) is 0 Å². The molecule has 0 saturated heterocycles. The summed E-state index contributed by atoms with van der Waals surface area (Å²) >= 11 is 0. The van der Waals surface area contributed by atoms with Gasteiger partial charge in [0.1, 0.15) is 18.1 Å².